The molecule has 2 aliphatic rings. The van der Waals surface area contributed by atoms with Gasteiger partial charge in [-0.25, -0.2) is 9.86 Å². The monoisotopic (exact) mass is 185 g/mol. The smallest absolute Gasteiger partial charge is 0.344 e. The number of hydrogen-bond acceptors (Lipinski definition) is 4. The SMILES string of the molecule is O=C1N(O)[C@@H]2CC[C@@H](/C=N/O)N1C2. The maximum atomic E-state index is 11.3. The summed E-state index contributed by atoms with van der Waals surface area (Å²) in [5.74, 6) is 0. The van der Waals surface area contributed by atoms with Crippen molar-refractivity contribution in [2.24, 2.45) is 5.16 Å². The van der Waals surface area contributed by atoms with Gasteiger partial charge in [-0.3, -0.25) is 5.21 Å². The van der Waals surface area contributed by atoms with Crippen molar-refractivity contribution in [3.05, 3.63) is 0 Å². The second kappa shape index (κ2) is 2.88. The molecule has 0 aromatic carbocycles. The highest BCUT2D eigenvalue weighted by Crippen LogP contribution is 2.27. The van der Waals surface area contributed by atoms with Crippen LogP contribution in [0.1, 0.15) is 12.8 Å². The van der Waals surface area contributed by atoms with Crippen molar-refractivity contribution in [3.63, 3.8) is 0 Å². The number of amides is 2. The molecule has 6 heteroatoms. The fourth-order valence-electron chi connectivity index (χ4n) is 1.91. The Morgan fingerprint density at radius 1 is 1.54 bits per heavy atom. The van der Waals surface area contributed by atoms with E-state index in [2.05, 4.69) is 5.16 Å². The van der Waals surface area contributed by atoms with Crippen LogP contribution in [0.25, 0.3) is 0 Å². The lowest BCUT2D eigenvalue weighted by Crippen LogP contribution is -2.40. The lowest BCUT2D eigenvalue weighted by Gasteiger charge is -2.26. The van der Waals surface area contributed by atoms with Gasteiger partial charge in [-0.05, 0) is 12.8 Å². The summed E-state index contributed by atoms with van der Waals surface area (Å²) in [6.07, 6.45) is 2.81. The average Bonchev–Trinajstić information content (AvgIpc) is 2.37. The summed E-state index contributed by atoms with van der Waals surface area (Å²) >= 11 is 0. The maximum absolute atomic E-state index is 11.3. The van der Waals surface area contributed by atoms with Crippen LogP contribution in [0, 0.1) is 0 Å². The fraction of sp³-hybridized carbons (Fsp3) is 0.714. The summed E-state index contributed by atoms with van der Waals surface area (Å²) in [6.45, 7) is 0.520. The molecule has 6 nitrogen and oxygen atoms in total. The number of fused-ring (bicyclic) bond motifs is 2. The summed E-state index contributed by atoms with van der Waals surface area (Å²) in [6, 6.07) is -0.658. The van der Waals surface area contributed by atoms with E-state index >= 15 is 0 Å². The Balaban J connectivity index is 2.17. The number of nitrogens with zero attached hydrogens (tertiary/aromatic N) is 3. The lowest BCUT2D eigenvalue weighted by molar-refractivity contribution is -0.0583. The van der Waals surface area contributed by atoms with Crippen LogP contribution in [0.3, 0.4) is 0 Å². The molecule has 0 aromatic rings. The van der Waals surface area contributed by atoms with E-state index in [0.29, 0.717) is 6.54 Å². The zero-order valence-corrected chi connectivity index (χ0v) is 7.00. The van der Waals surface area contributed by atoms with E-state index in [9.17, 15) is 10.0 Å². The molecule has 0 aliphatic carbocycles. The minimum absolute atomic E-state index is 0.0872. The zero-order valence-electron chi connectivity index (χ0n) is 7.00. The van der Waals surface area contributed by atoms with Crippen molar-refractivity contribution in [1.29, 1.82) is 0 Å². The number of urea groups is 1. The third-order valence-electron chi connectivity index (χ3n) is 2.63. The summed E-state index contributed by atoms with van der Waals surface area (Å²) in [5.41, 5.74) is 0. The molecule has 2 N–H and O–H groups in total. The standard InChI is InChI=1S/C7H11N3O3/c11-7-9-4-6(10(7)13)2-1-5(9)3-8-12/h3,5-6,12-13H,1-2,4H2/b8-3+/t5-,6+/m0/s1. The first-order valence-corrected chi connectivity index (χ1v) is 4.20. The molecule has 2 fully saturated rings. The molecule has 2 atom stereocenters. The second-order valence-corrected chi connectivity index (χ2v) is 3.34. The van der Waals surface area contributed by atoms with E-state index in [4.69, 9.17) is 5.21 Å². The number of hydroxylamine groups is 2. The average molecular weight is 185 g/mol. The lowest BCUT2D eigenvalue weighted by atomic mass is 10.0. The fourth-order valence-corrected chi connectivity index (χ4v) is 1.91. The van der Waals surface area contributed by atoms with Crippen LogP contribution in [-0.4, -0.2) is 51.3 Å². The predicted octanol–water partition coefficient (Wildman–Crippen LogP) is 0.104. The van der Waals surface area contributed by atoms with E-state index in [1.54, 1.807) is 0 Å². The van der Waals surface area contributed by atoms with E-state index in [0.717, 1.165) is 17.9 Å². The highest BCUT2D eigenvalue weighted by molar-refractivity contribution is 5.81. The molecular formula is C7H11N3O3. The van der Waals surface area contributed by atoms with Crippen molar-refractivity contribution in [1.82, 2.24) is 9.96 Å². The van der Waals surface area contributed by atoms with E-state index < -0.39 is 6.03 Å². The maximum Gasteiger partial charge on any atom is 0.344 e. The van der Waals surface area contributed by atoms with Gasteiger partial charge in [-0.15, -0.1) is 0 Å². The van der Waals surface area contributed by atoms with E-state index in [-0.39, 0.29) is 12.1 Å². The van der Waals surface area contributed by atoms with Gasteiger partial charge in [0.15, 0.2) is 0 Å². The van der Waals surface area contributed by atoms with Gasteiger partial charge < -0.3 is 10.1 Å². The summed E-state index contributed by atoms with van der Waals surface area (Å²) in [5, 5.41) is 21.3. The third-order valence-corrected chi connectivity index (χ3v) is 2.63. The molecule has 0 aromatic heterocycles. The first-order chi connectivity index (χ1) is 6.24. The van der Waals surface area contributed by atoms with Gasteiger partial charge in [-0.2, -0.15) is 0 Å². The Morgan fingerprint density at radius 2 is 2.31 bits per heavy atom. The predicted molar refractivity (Wildman–Crippen MR) is 42.8 cm³/mol. The highest BCUT2D eigenvalue weighted by Gasteiger charge is 2.43. The Hall–Kier alpha value is -1.30. The van der Waals surface area contributed by atoms with Crippen molar-refractivity contribution in [2.45, 2.75) is 24.9 Å². The Bertz CT molecular complexity index is 255. The van der Waals surface area contributed by atoms with Crippen LogP contribution >= 0.6 is 0 Å². The van der Waals surface area contributed by atoms with Gasteiger partial charge in [-0.1, -0.05) is 5.16 Å². The van der Waals surface area contributed by atoms with Crippen LogP contribution in [0.5, 0.6) is 0 Å². The van der Waals surface area contributed by atoms with E-state index in [1.807, 2.05) is 0 Å². The normalized spacial score (nSPS) is 33.5. The Kier molecular flexibility index (Phi) is 1.84. The van der Waals surface area contributed by atoms with Gasteiger partial charge in [0.1, 0.15) is 0 Å². The first kappa shape index (κ1) is 8.31. The third kappa shape index (κ3) is 1.14. The second-order valence-electron chi connectivity index (χ2n) is 3.34. The Morgan fingerprint density at radius 3 is 3.00 bits per heavy atom. The number of carbonyl (C=O) groups is 1. The number of carbonyl (C=O) groups excluding carboxylic acids is 1. The molecule has 0 saturated carbocycles. The molecule has 2 heterocycles. The first-order valence-electron chi connectivity index (χ1n) is 4.20. The number of hydrogen-bond donors (Lipinski definition) is 2. The molecular weight excluding hydrogens is 174 g/mol. The topological polar surface area (TPSA) is 76.4 Å². The number of piperidine rings is 1. The van der Waals surface area contributed by atoms with Crippen LogP contribution in [0.15, 0.2) is 5.16 Å². The Labute approximate surface area is 75.0 Å². The van der Waals surface area contributed by atoms with Crippen LogP contribution in [0.4, 0.5) is 4.79 Å². The molecule has 13 heavy (non-hydrogen) atoms. The van der Waals surface area contributed by atoms with Crippen molar-refractivity contribution in [3.8, 4) is 0 Å². The van der Waals surface area contributed by atoms with Crippen molar-refractivity contribution in [2.75, 3.05) is 6.54 Å². The van der Waals surface area contributed by atoms with Crippen molar-refractivity contribution >= 4 is 12.2 Å². The van der Waals surface area contributed by atoms with Crippen LogP contribution in [-0.2, 0) is 0 Å². The van der Waals surface area contributed by atoms with E-state index in [1.165, 1.54) is 11.1 Å². The summed E-state index contributed by atoms with van der Waals surface area (Å²) in [4.78, 5) is 12.8. The molecule has 0 radical (unpaired) electrons. The minimum Gasteiger partial charge on any atom is -0.411 e. The molecule has 2 rings (SSSR count). The quantitative estimate of drug-likeness (QED) is 0.263. The molecule has 2 aliphatic heterocycles. The van der Waals surface area contributed by atoms with Gasteiger partial charge in [0.25, 0.3) is 0 Å². The number of rotatable bonds is 1. The summed E-state index contributed by atoms with van der Waals surface area (Å²) < 4.78 is 0. The van der Waals surface area contributed by atoms with Crippen LogP contribution < -0.4 is 0 Å². The molecule has 72 valence electrons. The highest BCUT2D eigenvalue weighted by atomic mass is 16.5. The largest absolute Gasteiger partial charge is 0.411 e. The number of oxime groups is 1. The van der Waals surface area contributed by atoms with Gasteiger partial charge >= 0.3 is 6.03 Å². The van der Waals surface area contributed by atoms with Gasteiger partial charge in [0, 0.05) is 6.54 Å². The molecule has 0 spiro atoms. The minimum atomic E-state index is -0.396. The van der Waals surface area contributed by atoms with Crippen molar-refractivity contribution < 1.29 is 15.2 Å². The summed E-state index contributed by atoms with van der Waals surface area (Å²) in [7, 11) is 0. The zero-order chi connectivity index (χ0) is 9.42. The molecule has 2 saturated heterocycles. The van der Waals surface area contributed by atoms with Gasteiger partial charge in [0.05, 0.1) is 18.3 Å². The molecule has 2 bridgehead atoms. The molecule has 0 unspecified atom stereocenters. The van der Waals surface area contributed by atoms with Crippen LogP contribution in [0.2, 0.25) is 0 Å². The van der Waals surface area contributed by atoms with Gasteiger partial charge in [0.2, 0.25) is 0 Å². The molecule has 2 amide bonds.